The molecule has 2 aliphatic heterocycles. The third kappa shape index (κ3) is 3.26. The van der Waals surface area contributed by atoms with E-state index < -0.39 is 6.61 Å². The number of aryl methyl sites for hydroxylation is 1. The average Bonchev–Trinajstić information content (AvgIpc) is 3.31. The van der Waals surface area contributed by atoms with E-state index in [1.807, 2.05) is 13.0 Å². The number of likely N-dealkylation sites (tertiary alicyclic amines) is 1. The molecule has 0 bridgehead atoms. The van der Waals surface area contributed by atoms with Crippen molar-refractivity contribution in [3.8, 4) is 0 Å². The Balaban J connectivity index is 1.43. The minimum Gasteiger partial charge on any atom is -0.390 e. The highest BCUT2D eigenvalue weighted by atomic mass is 35.5. The van der Waals surface area contributed by atoms with Crippen LogP contribution in [0.2, 0.25) is 5.02 Å². The van der Waals surface area contributed by atoms with Crippen molar-refractivity contribution in [2.24, 2.45) is 11.1 Å². The van der Waals surface area contributed by atoms with Crippen molar-refractivity contribution in [3.63, 3.8) is 0 Å². The molecule has 1 aromatic carbocycles. The van der Waals surface area contributed by atoms with Crippen LogP contribution in [-0.2, 0) is 9.63 Å². The first-order valence-electron chi connectivity index (χ1n) is 8.64. The van der Waals surface area contributed by atoms with Gasteiger partial charge in [-0.3, -0.25) is 9.59 Å². The van der Waals surface area contributed by atoms with Crippen LogP contribution in [-0.4, -0.2) is 64.9 Å². The molecule has 0 aliphatic carbocycles. The summed E-state index contributed by atoms with van der Waals surface area (Å²) < 4.78 is 0. The van der Waals surface area contributed by atoms with E-state index in [-0.39, 0.29) is 30.4 Å². The molecule has 27 heavy (non-hydrogen) atoms. The second-order valence-corrected chi connectivity index (χ2v) is 7.25. The van der Waals surface area contributed by atoms with E-state index in [2.05, 4.69) is 15.5 Å². The number of aliphatic hydroxyl groups is 1. The van der Waals surface area contributed by atoms with Crippen LogP contribution in [0.15, 0.2) is 23.4 Å². The van der Waals surface area contributed by atoms with Gasteiger partial charge in [-0.05, 0) is 25.1 Å². The Morgan fingerprint density at radius 1 is 1.41 bits per heavy atom. The number of aromatic amines is 1. The number of aliphatic hydroxyl groups excluding tert-OH is 1. The summed E-state index contributed by atoms with van der Waals surface area (Å²) in [5.74, 6) is -0.711. The zero-order chi connectivity index (χ0) is 19.1. The number of benzene rings is 1. The van der Waals surface area contributed by atoms with Gasteiger partial charge >= 0.3 is 0 Å². The highest BCUT2D eigenvalue weighted by Crippen LogP contribution is 2.27. The van der Waals surface area contributed by atoms with E-state index in [0.29, 0.717) is 29.4 Å². The number of amides is 2. The van der Waals surface area contributed by atoms with Crippen LogP contribution >= 0.6 is 11.6 Å². The first-order chi connectivity index (χ1) is 13.0. The first-order valence-corrected chi connectivity index (χ1v) is 9.02. The van der Waals surface area contributed by atoms with E-state index in [4.69, 9.17) is 21.5 Å². The van der Waals surface area contributed by atoms with Gasteiger partial charge in [0.2, 0.25) is 5.91 Å². The molecule has 8 nitrogen and oxygen atoms in total. The second kappa shape index (κ2) is 6.86. The number of aromatic nitrogens is 1. The van der Waals surface area contributed by atoms with Crippen molar-refractivity contribution in [1.29, 1.82) is 0 Å². The van der Waals surface area contributed by atoms with Crippen LogP contribution in [0.25, 0.3) is 10.9 Å². The van der Waals surface area contributed by atoms with Crippen molar-refractivity contribution in [2.45, 2.75) is 13.0 Å². The molecular weight excluding hydrogens is 372 g/mol. The van der Waals surface area contributed by atoms with E-state index in [0.717, 1.165) is 16.6 Å². The topological polar surface area (TPSA) is 107 Å². The van der Waals surface area contributed by atoms with E-state index in [1.165, 1.54) is 0 Å². The smallest absolute Gasteiger partial charge is 0.253 e. The number of hydrogen-bond donors (Lipinski definition) is 3. The molecule has 0 spiro atoms. The van der Waals surface area contributed by atoms with Crippen LogP contribution in [0.4, 0.5) is 0 Å². The van der Waals surface area contributed by atoms with Gasteiger partial charge in [0.05, 0.1) is 35.3 Å². The SMILES string of the molecule is Cc1cc2cc(C(=O)NCC3=NOC4CN(C(=O)CO)CC34)c(Cl)cc2[nH]1. The highest BCUT2D eigenvalue weighted by Gasteiger charge is 2.43. The van der Waals surface area contributed by atoms with E-state index >= 15 is 0 Å². The van der Waals surface area contributed by atoms with Gasteiger partial charge in [0.15, 0.2) is 6.10 Å². The lowest BCUT2D eigenvalue weighted by Crippen LogP contribution is -2.35. The number of halogens is 1. The number of hydrogen-bond acceptors (Lipinski definition) is 5. The molecule has 2 aromatic rings. The zero-order valence-electron chi connectivity index (χ0n) is 14.7. The van der Waals surface area contributed by atoms with Gasteiger partial charge in [-0.1, -0.05) is 16.8 Å². The fraction of sp³-hybridized carbons (Fsp3) is 0.389. The summed E-state index contributed by atoms with van der Waals surface area (Å²) in [7, 11) is 0. The Hall–Kier alpha value is -2.58. The first kappa shape index (κ1) is 17.8. The molecule has 3 N–H and O–H groups in total. The van der Waals surface area contributed by atoms with Crippen molar-refractivity contribution in [1.82, 2.24) is 15.2 Å². The standard InChI is InChI=1S/C18H19ClN4O4/c1-9-2-10-3-11(13(19)4-14(10)21-9)18(26)20-5-15-12-6-23(17(25)8-24)7-16(12)27-22-15/h2-4,12,16,21,24H,5-8H2,1H3,(H,20,26). The Morgan fingerprint density at radius 2 is 2.22 bits per heavy atom. The second-order valence-electron chi connectivity index (χ2n) is 6.84. The minimum atomic E-state index is -0.526. The van der Waals surface area contributed by atoms with Gasteiger partial charge in [0.25, 0.3) is 5.91 Å². The van der Waals surface area contributed by atoms with Crippen molar-refractivity contribution in [2.75, 3.05) is 26.2 Å². The summed E-state index contributed by atoms with van der Waals surface area (Å²) in [4.78, 5) is 34.3. The van der Waals surface area contributed by atoms with Gasteiger partial charge in [-0.25, -0.2) is 0 Å². The van der Waals surface area contributed by atoms with E-state index in [1.54, 1.807) is 17.0 Å². The van der Waals surface area contributed by atoms with Crippen LogP contribution in [0.3, 0.4) is 0 Å². The van der Waals surface area contributed by atoms with Gasteiger partial charge in [-0.2, -0.15) is 0 Å². The number of oxime groups is 1. The minimum absolute atomic E-state index is 0.0777. The van der Waals surface area contributed by atoms with Gasteiger partial charge < -0.3 is 25.1 Å². The maximum absolute atomic E-state index is 12.6. The molecule has 2 amide bonds. The molecule has 4 rings (SSSR count). The van der Waals surface area contributed by atoms with Crippen LogP contribution in [0.1, 0.15) is 16.1 Å². The van der Waals surface area contributed by atoms with Crippen molar-refractivity contribution >= 4 is 40.0 Å². The molecule has 142 valence electrons. The summed E-state index contributed by atoms with van der Waals surface area (Å²) in [6.45, 7) is 2.44. The van der Waals surface area contributed by atoms with Crippen molar-refractivity contribution in [3.05, 3.63) is 34.5 Å². The summed E-state index contributed by atoms with van der Waals surface area (Å²) in [6.07, 6.45) is -0.227. The predicted molar refractivity (Wildman–Crippen MR) is 99.8 cm³/mol. The molecule has 0 radical (unpaired) electrons. The monoisotopic (exact) mass is 390 g/mol. The zero-order valence-corrected chi connectivity index (χ0v) is 15.4. The van der Waals surface area contributed by atoms with Gasteiger partial charge in [-0.15, -0.1) is 0 Å². The molecular formula is C18H19ClN4O4. The average molecular weight is 391 g/mol. The number of carbonyl (C=O) groups excluding carboxylic acids is 2. The van der Waals surface area contributed by atoms with Crippen LogP contribution in [0.5, 0.6) is 0 Å². The third-order valence-electron chi connectivity index (χ3n) is 5.01. The molecule has 9 heteroatoms. The van der Waals surface area contributed by atoms with Crippen molar-refractivity contribution < 1.29 is 19.5 Å². The number of H-pyrrole nitrogens is 1. The lowest BCUT2D eigenvalue weighted by atomic mass is 10.0. The largest absolute Gasteiger partial charge is 0.390 e. The van der Waals surface area contributed by atoms with Gasteiger partial charge in [0, 0.05) is 23.1 Å². The quantitative estimate of drug-likeness (QED) is 0.725. The highest BCUT2D eigenvalue weighted by molar-refractivity contribution is 6.34. The normalized spacial score (nSPS) is 21.1. The number of carbonyl (C=O) groups is 2. The molecule has 2 unspecified atom stereocenters. The maximum atomic E-state index is 12.6. The molecule has 1 fully saturated rings. The Bertz CT molecular complexity index is 954. The number of nitrogens with one attached hydrogen (secondary N) is 2. The lowest BCUT2D eigenvalue weighted by molar-refractivity contribution is -0.133. The molecule has 2 aliphatic rings. The predicted octanol–water partition coefficient (Wildman–Crippen LogP) is 1.07. The third-order valence-corrected chi connectivity index (χ3v) is 5.32. The van der Waals surface area contributed by atoms with Gasteiger partial charge in [0.1, 0.15) is 6.61 Å². The molecule has 0 saturated carbocycles. The fourth-order valence-electron chi connectivity index (χ4n) is 3.61. The molecule has 1 saturated heterocycles. The summed E-state index contributed by atoms with van der Waals surface area (Å²) in [5.41, 5.74) is 2.94. The lowest BCUT2D eigenvalue weighted by Gasteiger charge is -2.15. The Labute approximate surface area is 160 Å². The molecule has 1 aromatic heterocycles. The maximum Gasteiger partial charge on any atom is 0.253 e. The van der Waals surface area contributed by atoms with E-state index in [9.17, 15) is 9.59 Å². The summed E-state index contributed by atoms with van der Waals surface area (Å²) in [5, 5.41) is 17.1. The summed E-state index contributed by atoms with van der Waals surface area (Å²) >= 11 is 6.26. The fourth-order valence-corrected chi connectivity index (χ4v) is 3.86. The van der Waals surface area contributed by atoms with Crippen LogP contribution in [0, 0.1) is 12.8 Å². The number of rotatable bonds is 4. The summed E-state index contributed by atoms with van der Waals surface area (Å²) in [6, 6.07) is 5.44. The molecule has 3 heterocycles. The number of nitrogens with zero attached hydrogens (tertiary/aromatic N) is 2. The number of fused-ring (bicyclic) bond motifs is 2. The Morgan fingerprint density at radius 3 is 3.00 bits per heavy atom. The Kier molecular flexibility index (Phi) is 4.53. The molecule has 2 atom stereocenters. The van der Waals surface area contributed by atoms with Crippen LogP contribution < -0.4 is 5.32 Å².